The number of rotatable bonds is 10. The quantitative estimate of drug-likeness (QED) is 0.281. The van der Waals surface area contributed by atoms with Crippen LogP contribution in [-0.2, 0) is 4.79 Å². The highest BCUT2D eigenvalue weighted by Gasteiger charge is 2.32. The second-order valence-corrected chi connectivity index (χ2v) is 10.2. The smallest absolute Gasteiger partial charge is 0.257 e. The lowest BCUT2D eigenvalue weighted by Gasteiger charge is -2.36. The van der Waals surface area contributed by atoms with E-state index in [4.69, 9.17) is 21.7 Å². The predicted molar refractivity (Wildman–Crippen MR) is 154 cm³/mol. The first-order valence-electron chi connectivity index (χ1n) is 13.4. The van der Waals surface area contributed by atoms with Crippen LogP contribution in [0.25, 0.3) is 10.9 Å². The van der Waals surface area contributed by atoms with Gasteiger partial charge in [0, 0.05) is 50.6 Å². The summed E-state index contributed by atoms with van der Waals surface area (Å²) in [5, 5.41) is 6.88. The largest absolute Gasteiger partial charge is 0.493 e. The first-order valence-corrected chi connectivity index (χ1v) is 13.8. The molecule has 2 aliphatic rings. The molecule has 3 heterocycles. The van der Waals surface area contributed by atoms with Crippen molar-refractivity contribution in [3.8, 4) is 11.5 Å². The van der Waals surface area contributed by atoms with E-state index in [9.17, 15) is 14.0 Å². The van der Waals surface area contributed by atoms with Gasteiger partial charge in [0.05, 0.1) is 25.4 Å². The monoisotopic (exact) mass is 568 g/mol. The molecule has 5 rings (SSSR count). The summed E-state index contributed by atoms with van der Waals surface area (Å²) in [6.45, 7) is 4.66. The molecule has 0 spiro atoms. The van der Waals surface area contributed by atoms with E-state index in [0.29, 0.717) is 46.9 Å². The van der Waals surface area contributed by atoms with E-state index < -0.39 is 6.04 Å². The molecular formula is C28H33FN6O4S. The summed E-state index contributed by atoms with van der Waals surface area (Å²) in [5.74, 6) is 1.05. The van der Waals surface area contributed by atoms with Gasteiger partial charge in [-0.25, -0.2) is 13.9 Å². The summed E-state index contributed by atoms with van der Waals surface area (Å²) < 4.78 is 26.3. The lowest BCUT2D eigenvalue weighted by atomic mass is 10.1. The Morgan fingerprint density at radius 1 is 1.15 bits per heavy atom. The third-order valence-corrected chi connectivity index (χ3v) is 7.69. The number of carbonyl (C=O) groups is 2. The highest BCUT2D eigenvalue weighted by molar-refractivity contribution is 7.71. The molecule has 0 bridgehead atoms. The maximum atomic E-state index is 14.0. The summed E-state index contributed by atoms with van der Waals surface area (Å²) in [6, 6.07) is 9.77. The van der Waals surface area contributed by atoms with Crippen LogP contribution in [0.5, 0.6) is 11.5 Å². The number of anilines is 2. The summed E-state index contributed by atoms with van der Waals surface area (Å²) in [5.41, 5.74) is 1.24. The van der Waals surface area contributed by atoms with Crippen molar-refractivity contribution >= 4 is 46.4 Å². The maximum absolute atomic E-state index is 14.0. The molecule has 10 nitrogen and oxygen atoms in total. The third-order valence-electron chi connectivity index (χ3n) is 7.42. The lowest BCUT2D eigenvalue weighted by Crippen LogP contribution is -2.47. The molecule has 0 saturated carbocycles. The molecule has 1 saturated heterocycles. The minimum atomic E-state index is -0.585. The number of benzene rings is 2. The van der Waals surface area contributed by atoms with Crippen LogP contribution in [0.15, 0.2) is 36.4 Å². The Morgan fingerprint density at radius 2 is 1.88 bits per heavy atom. The molecule has 0 unspecified atom stereocenters. The maximum Gasteiger partial charge on any atom is 0.257 e. The molecule has 3 aromatic rings. The van der Waals surface area contributed by atoms with Gasteiger partial charge >= 0.3 is 0 Å². The van der Waals surface area contributed by atoms with Crippen LogP contribution < -0.4 is 25.0 Å². The number of methoxy groups -OCH3 is 2. The van der Waals surface area contributed by atoms with E-state index in [2.05, 4.69) is 25.4 Å². The van der Waals surface area contributed by atoms with Crippen LogP contribution in [0.4, 0.5) is 15.9 Å². The van der Waals surface area contributed by atoms with Crippen molar-refractivity contribution in [2.75, 3.05) is 63.7 Å². The number of fused-ring (bicyclic) bond motifs is 3. The van der Waals surface area contributed by atoms with Gasteiger partial charge in [0.2, 0.25) is 10.7 Å². The van der Waals surface area contributed by atoms with Gasteiger partial charge in [-0.05, 0) is 49.8 Å². The van der Waals surface area contributed by atoms with E-state index in [1.807, 2.05) is 12.1 Å². The molecule has 212 valence electrons. The summed E-state index contributed by atoms with van der Waals surface area (Å²) >= 11 is 5.39. The van der Waals surface area contributed by atoms with E-state index in [0.717, 1.165) is 39.1 Å². The number of para-hydroxylation sites is 1. The van der Waals surface area contributed by atoms with E-state index in [1.54, 1.807) is 32.4 Å². The lowest BCUT2D eigenvalue weighted by molar-refractivity contribution is -0.121. The number of ether oxygens (including phenoxy) is 2. The van der Waals surface area contributed by atoms with Gasteiger partial charge in [0.25, 0.3) is 5.91 Å². The summed E-state index contributed by atoms with van der Waals surface area (Å²) in [4.78, 5) is 34.4. The van der Waals surface area contributed by atoms with Gasteiger partial charge in [0.1, 0.15) is 17.7 Å². The molecule has 1 aromatic heterocycles. The van der Waals surface area contributed by atoms with Gasteiger partial charge in [-0.1, -0.05) is 12.1 Å². The Balaban J connectivity index is 1.08. The third kappa shape index (κ3) is 5.73. The van der Waals surface area contributed by atoms with Crippen molar-refractivity contribution in [2.24, 2.45) is 0 Å². The number of amides is 1. The predicted octanol–water partition coefficient (Wildman–Crippen LogP) is 3.47. The number of nitrogens with zero attached hydrogens (tertiary/aromatic N) is 4. The Hall–Kier alpha value is -3.77. The van der Waals surface area contributed by atoms with E-state index in [1.165, 1.54) is 10.6 Å². The van der Waals surface area contributed by atoms with E-state index in [-0.39, 0.29) is 28.8 Å². The molecule has 1 amide bonds. The van der Waals surface area contributed by atoms with Crippen molar-refractivity contribution in [3.05, 3.63) is 47.0 Å². The zero-order valence-electron chi connectivity index (χ0n) is 22.6. The second kappa shape index (κ2) is 12.2. The average molecular weight is 569 g/mol. The van der Waals surface area contributed by atoms with Gasteiger partial charge in [-0.3, -0.25) is 14.5 Å². The van der Waals surface area contributed by atoms with Gasteiger partial charge in [-0.15, -0.1) is 0 Å². The number of carbonyl (C=O) groups excluding carboxylic acids is 2. The van der Waals surface area contributed by atoms with Crippen molar-refractivity contribution < 1.29 is 23.5 Å². The number of hydrogen-bond acceptors (Lipinski definition) is 9. The fourth-order valence-corrected chi connectivity index (χ4v) is 5.54. The molecule has 1 atom stereocenters. The Labute approximate surface area is 237 Å². The van der Waals surface area contributed by atoms with Gasteiger partial charge in [0.15, 0.2) is 11.5 Å². The molecule has 2 N–H and O–H groups in total. The molecule has 0 radical (unpaired) electrons. The normalized spacial score (nSPS) is 17.0. The van der Waals surface area contributed by atoms with Crippen molar-refractivity contribution in [3.63, 3.8) is 0 Å². The minimum Gasteiger partial charge on any atom is -0.493 e. The molecule has 1 fully saturated rings. The van der Waals surface area contributed by atoms with Crippen LogP contribution in [0.1, 0.15) is 24.1 Å². The SMILES string of the molecule is COc1cc2nc(=S)n3c(c2cc1OC)N[C@@H](CCC(=O)NCCCN1CCN(c2ccccc2F)CC1)C3=O. The number of nitrogens with one attached hydrogen (secondary N) is 2. The molecular weight excluding hydrogens is 535 g/mol. The molecule has 0 aliphatic carbocycles. The molecule has 40 heavy (non-hydrogen) atoms. The van der Waals surface area contributed by atoms with Crippen LogP contribution in [-0.4, -0.2) is 85.8 Å². The van der Waals surface area contributed by atoms with Gasteiger partial charge in [-0.2, -0.15) is 0 Å². The molecule has 2 aliphatic heterocycles. The Bertz CT molecular complexity index is 1470. The molecule has 2 aromatic carbocycles. The highest BCUT2D eigenvalue weighted by atomic mass is 32.1. The molecule has 12 heteroatoms. The zero-order valence-corrected chi connectivity index (χ0v) is 23.4. The number of aromatic nitrogens is 2. The fourth-order valence-electron chi connectivity index (χ4n) is 5.26. The first kappa shape index (κ1) is 27.8. The summed E-state index contributed by atoms with van der Waals surface area (Å²) in [6.07, 6.45) is 1.35. The van der Waals surface area contributed by atoms with Crippen molar-refractivity contribution in [2.45, 2.75) is 25.3 Å². The van der Waals surface area contributed by atoms with Crippen LogP contribution in [0, 0.1) is 10.6 Å². The van der Waals surface area contributed by atoms with Crippen molar-refractivity contribution in [1.82, 2.24) is 19.8 Å². The van der Waals surface area contributed by atoms with Crippen LogP contribution in [0.3, 0.4) is 0 Å². The van der Waals surface area contributed by atoms with Crippen molar-refractivity contribution in [1.29, 1.82) is 0 Å². The Morgan fingerprint density at radius 3 is 2.60 bits per heavy atom. The summed E-state index contributed by atoms with van der Waals surface area (Å²) in [7, 11) is 3.08. The fraction of sp³-hybridized carbons (Fsp3) is 0.429. The minimum absolute atomic E-state index is 0.104. The first-order chi connectivity index (χ1) is 19.4. The van der Waals surface area contributed by atoms with Gasteiger partial charge < -0.3 is 25.0 Å². The Kier molecular flexibility index (Phi) is 8.46. The second-order valence-electron chi connectivity index (χ2n) is 9.86. The van der Waals surface area contributed by atoms with E-state index >= 15 is 0 Å². The van der Waals surface area contributed by atoms with Crippen LogP contribution >= 0.6 is 12.2 Å². The average Bonchev–Trinajstić information content (AvgIpc) is 3.31. The number of hydrogen-bond donors (Lipinski definition) is 2. The standard InChI is InChI=1S/C28H33FN6O4S/c1-38-23-16-18-21(17-24(23)39-2)32-28(40)35-26(18)31-20(27(35)37)8-9-25(36)30-10-5-11-33-12-14-34(15-13-33)22-7-4-3-6-19(22)29/h3-4,6-7,16-17,20,31H,5,8-15H2,1-2H3,(H,30,36)/t20-/m0/s1. The number of halogens is 1. The number of piperazine rings is 1. The zero-order chi connectivity index (χ0) is 28.2. The topological polar surface area (TPSA) is 101 Å². The van der Waals surface area contributed by atoms with Crippen LogP contribution in [0.2, 0.25) is 0 Å². The highest BCUT2D eigenvalue weighted by Crippen LogP contribution is 2.37.